The first-order valence-corrected chi connectivity index (χ1v) is 9.59. The number of nitrogens with one attached hydrogen (secondary N) is 1. The van der Waals surface area contributed by atoms with Crippen molar-refractivity contribution < 1.29 is 14.6 Å². The maximum absolute atomic E-state index is 12.6. The molecule has 27 heavy (non-hydrogen) atoms. The van der Waals surface area contributed by atoms with E-state index in [0.717, 1.165) is 10.0 Å². The summed E-state index contributed by atoms with van der Waals surface area (Å²) in [6.45, 7) is 3.73. The third kappa shape index (κ3) is 6.38. The molecule has 0 aliphatic carbocycles. The van der Waals surface area contributed by atoms with Crippen LogP contribution in [0, 0.1) is 11.3 Å². The van der Waals surface area contributed by atoms with Crippen LogP contribution >= 0.6 is 15.9 Å². The van der Waals surface area contributed by atoms with Crippen molar-refractivity contribution in [3.05, 3.63) is 63.6 Å². The average Bonchev–Trinajstić information content (AvgIpc) is 2.63. The van der Waals surface area contributed by atoms with E-state index in [9.17, 15) is 15.2 Å². The Bertz CT molecular complexity index is 813. The van der Waals surface area contributed by atoms with Crippen molar-refractivity contribution in [1.82, 2.24) is 5.32 Å². The van der Waals surface area contributed by atoms with Crippen LogP contribution in [-0.4, -0.2) is 29.8 Å². The molecule has 0 aliphatic rings. The summed E-state index contributed by atoms with van der Waals surface area (Å²) < 4.78 is 6.58. The zero-order chi connectivity index (χ0) is 19.8. The lowest BCUT2D eigenvalue weighted by atomic mass is 10.0. The smallest absolute Gasteiger partial charge is 0.251 e. The molecule has 1 amide bonds. The topological polar surface area (TPSA) is 82.3 Å². The SMILES string of the molecule is CC(C)Oc1ccc(C(=O)NC(CCO)Cc2ccc(Br)cc2)cc1C#N. The lowest BCUT2D eigenvalue weighted by molar-refractivity contribution is 0.0930. The van der Waals surface area contributed by atoms with E-state index in [-0.39, 0.29) is 24.7 Å². The van der Waals surface area contributed by atoms with Crippen molar-refractivity contribution in [2.45, 2.75) is 38.8 Å². The average molecular weight is 431 g/mol. The molecule has 1 atom stereocenters. The molecule has 0 saturated heterocycles. The molecule has 6 heteroatoms. The summed E-state index contributed by atoms with van der Waals surface area (Å²) in [5.41, 5.74) is 1.78. The van der Waals surface area contributed by atoms with Gasteiger partial charge >= 0.3 is 0 Å². The van der Waals surface area contributed by atoms with Gasteiger partial charge in [-0.2, -0.15) is 5.26 Å². The molecule has 142 valence electrons. The Hall–Kier alpha value is -2.36. The molecular weight excluding hydrogens is 408 g/mol. The molecule has 0 radical (unpaired) electrons. The maximum atomic E-state index is 12.6. The van der Waals surface area contributed by atoms with Gasteiger partial charge in [-0.3, -0.25) is 4.79 Å². The first-order valence-electron chi connectivity index (χ1n) is 8.80. The van der Waals surface area contributed by atoms with Crippen LogP contribution < -0.4 is 10.1 Å². The first kappa shape index (κ1) is 20.9. The Morgan fingerprint density at radius 1 is 1.26 bits per heavy atom. The maximum Gasteiger partial charge on any atom is 0.251 e. The van der Waals surface area contributed by atoms with Crippen molar-refractivity contribution in [2.75, 3.05) is 6.61 Å². The van der Waals surface area contributed by atoms with Gasteiger partial charge in [0.05, 0.1) is 11.7 Å². The number of carbonyl (C=O) groups is 1. The number of amides is 1. The van der Waals surface area contributed by atoms with Crippen LogP contribution in [0.15, 0.2) is 46.9 Å². The predicted octanol–water partition coefficient (Wildman–Crippen LogP) is 3.83. The molecule has 0 aromatic heterocycles. The number of hydrogen-bond donors (Lipinski definition) is 2. The van der Waals surface area contributed by atoms with E-state index >= 15 is 0 Å². The number of rotatable bonds is 8. The monoisotopic (exact) mass is 430 g/mol. The van der Waals surface area contributed by atoms with Gasteiger partial charge in [0.15, 0.2) is 0 Å². The van der Waals surface area contributed by atoms with E-state index < -0.39 is 0 Å². The Morgan fingerprint density at radius 3 is 2.56 bits per heavy atom. The molecule has 0 spiro atoms. The number of nitriles is 1. The second-order valence-corrected chi connectivity index (χ2v) is 7.42. The van der Waals surface area contributed by atoms with Crippen LogP contribution in [0.25, 0.3) is 0 Å². The van der Waals surface area contributed by atoms with E-state index in [0.29, 0.717) is 29.7 Å². The van der Waals surface area contributed by atoms with Gasteiger partial charge in [0, 0.05) is 22.7 Å². The summed E-state index contributed by atoms with van der Waals surface area (Å²) in [6.07, 6.45) is 0.998. The van der Waals surface area contributed by atoms with E-state index in [1.165, 1.54) is 6.07 Å². The summed E-state index contributed by atoms with van der Waals surface area (Å²) in [5, 5.41) is 21.6. The second-order valence-electron chi connectivity index (χ2n) is 6.50. The summed E-state index contributed by atoms with van der Waals surface area (Å²) in [5.74, 6) is 0.184. The van der Waals surface area contributed by atoms with Gasteiger partial charge in [-0.25, -0.2) is 0 Å². The van der Waals surface area contributed by atoms with Gasteiger partial charge in [0.2, 0.25) is 0 Å². The molecule has 2 N–H and O–H groups in total. The molecule has 2 aromatic carbocycles. The third-order valence-corrected chi connectivity index (χ3v) is 4.46. The minimum atomic E-state index is -0.279. The number of carbonyl (C=O) groups excluding carboxylic acids is 1. The Balaban J connectivity index is 2.12. The molecular formula is C21H23BrN2O3. The van der Waals surface area contributed by atoms with E-state index in [2.05, 4.69) is 27.3 Å². The molecule has 0 bridgehead atoms. The van der Waals surface area contributed by atoms with Gasteiger partial charge in [0.1, 0.15) is 11.8 Å². The molecule has 2 rings (SSSR count). The number of benzene rings is 2. The highest BCUT2D eigenvalue weighted by atomic mass is 79.9. The van der Waals surface area contributed by atoms with Crippen LogP contribution in [-0.2, 0) is 6.42 Å². The van der Waals surface area contributed by atoms with Crippen molar-refractivity contribution in [3.8, 4) is 11.8 Å². The highest BCUT2D eigenvalue weighted by Crippen LogP contribution is 2.21. The highest BCUT2D eigenvalue weighted by Gasteiger charge is 2.16. The normalized spacial score (nSPS) is 11.7. The Labute approximate surface area is 168 Å². The Kier molecular flexibility index (Phi) is 7.83. The van der Waals surface area contributed by atoms with Crippen LogP contribution in [0.4, 0.5) is 0 Å². The van der Waals surface area contributed by atoms with Crippen LogP contribution in [0.5, 0.6) is 5.75 Å². The number of ether oxygens (including phenoxy) is 1. The van der Waals surface area contributed by atoms with Crippen molar-refractivity contribution in [2.24, 2.45) is 0 Å². The first-order chi connectivity index (χ1) is 12.9. The fourth-order valence-corrected chi connectivity index (χ4v) is 2.93. The fraction of sp³-hybridized carbons (Fsp3) is 0.333. The number of hydrogen-bond acceptors (Lipinski definition) is 4. The zero-order valence-electron chi connectivity index (χ0n) is 15.4. The second kappa shape index (κ2) is 10.1. The van der Waals surface area contributed by atoms with Crippen molar-refractivity contribution in [3.63, 3.8) is 0 Å². The highest BCUT2D eigenvalue weighted by molar-refractivity contribution is 9.10. The predicted molar refractivity (Wildman–Crippen MR) is 108 cm³/mol. The zero-order valence-corrected chi connectivity index (χ0v) is 17.0. The largest absolute Gasteiger partial charge is 0.490 e. The van der Waals surface area contributed by atoms with Gasteiger partial charge in [-0.05, 0) is 62.6 Å². The molecule has 0 aliphatic heterocycles. The van der Waals surface area contributed by atoms with Crippen LogP contribution in [0.1, 0.15) is 41.8 Å². The van der Waals surface area contributed by atoms with Crippen molar-refractivity contribution >= 4 is 21.8 Å². The minimum Gasteiger partial charge on any atom is -0.490 e. The lowest BCUT2D eigenvalue weighted by Crippen LogP contribution is -2.37. The van der Waals surface area contributed by atoms with Gasteiger partial charge in [0.25, 0.3) is 5.91 Å². The number of nitrogens with zero attached hydrogens (tertiary/aromatic N) is 1. The van der Waals surface area contributed by atoms with Gasteiger partial charge in [-0.15, -0.1) is 0 Å². The standard InChI is InChI=1S/C21H23BrN2O3/c1-14(2)27-20-8-5-16(12-17(20)13-23)21(26)24-19(9-10-25)11-15-3-6-18(22)7-4-15/h3-8,12,14,19,25H,9-11H2,1-2H3,(H,24,26). The van der Waals surface area contributed by atoms with Crippen LogP contribution in [0.3, 0.4) is 0 Å². The quantitative estimate of drug-likeness (QED) is 0.666. The summed E-state index contributed by atoms with van der Waals surface area (Å²) in [6, 6.07) is 14.5. The van der Waals surface area contributed by atoms with E-state index in [1.54, 1.807) is 12.1 Å². The number of aliphatic hydroxyl groups excluding tert-OH is 1. The van der Waals surface area contributed by atoms with E-state index in [1.807, 2.05) is 38.1 Å². The summed E-state index contributed by atoms with van der Waals surface area (Å²) in [7, 11) is 0. The van der Waals surface area contributed by atoms with Crippen molar-refractivity contribution in [1.29, 1.82) is 5.26 Å². The van der Waals surface area contributed by atoms with Gasteiger partial charge in [-0.1, -0.05) is 28.1 Å². The van der Waals surface area contributed by atoms with Gasteiger partial charge < -0.3 is 15.2 Å². The van der Waals surface area contributed by atoms with E-state index in [4.69, 9.17) is 4.74 Å². The summed E-state index contributed by atoms with van der Waals surface area (Å²) in [4.78, 5) is 12.6. The van der Waals surface area contributed by atoms with Crippen LogP contribution in [0.2, 0.25) is 0 Å². The molecule has 1 unspecified atom stereocenters. The number of halogens is 1. The molecule has 0 heterocycles. The summed E-state index contributed by atoms with van der Waals surface area (Å²) >= 11 is 3.40. The minimum absolute atomic E-state index is 0.0217. The molecule has 0 saturated carbocycles. The Morgan fingerprint density at radius 2 is 1.96 bits per heavy atom. The lowest BCUT2D eigenvalue weighted by Gasteiger charge is -2.19. The number of aliphatic hydroxyl groups is 1. The molecule has 0 fully saturated rings. The molecule has 5 nitrogen and oxygen atoms in total. The molecule has 2 aromatic rings. The fourth-order valence-electron chi connectivity index (χ4n) is 2.67. The third-order valence-electron chi connectivity index (χ3n) is 3.93.